The van der Waals surface area contributed by atoms with Gasteiger partial charge in [0.1, 0.15) is 16.8 Å². The van der Waals surface area contributed by atoms with Crippen molar-refractivity contribution >= 4 is 23.3 Å². The molecule has 0 aliphatic carbocycles. The zero-order chi connectivity index (χ0) is 20.0. The van der Waals surface area contributed by atoms with Gasteiger partial charge in [-0.1, -0.05) is 16.6 Å². The van der Waals surface area contributed by atoms with Crippen molar-refractivity contribution in [1.82, 2.24) is 25.2 Å². The van der Waals surface area contributed by atoms with Gasteiger partial charge in [-0.15, -0.1) is 15.3 Å². The normalized spacial score (nSPS) is 12.6. The van der Waals surface area contributed by atoms with Gasteiger partial charge in [0.05, 0.1) is 19.3 Å². The first-order chi connectivity index (χ1) is 12.7. The molecular weight excluding hydrogens is 377 g/mol. The third kappa shape index (κ3) is 6.66. The van der Waals surface area contributed by atoms with Crippen LogP contribution in [0.5, 0.6) is 0 Å². The zero-order valence-corrected chi connectivity index (χ0v) is 16.5. The fraction of sp³-hybridized carbons (Fsp3) is 0.625. The van der Waals surface area contributed by atoms with Crippen molar-refractivity contribution in [2.75, 3.05) is 6.61 Å². The molecule has 1 atom stereocenters. The van der Waals surface area contributed by atoms with Crippen LogP contribution >= 0.6 is 11.3 Å². The number of nitrogens with zero attached hydrogens (tertiary/aromatic N) is 5. The molecule has 0 radical (unpaired) electrons. The Bertz CT molecular complexity index is 786. The maximum Gasteiger partial charge on any atom is 0.369 e. The molecule has 0 bridgehead atoms. The van der Waals surface area contributed by atoms with Crippen LogP contribution in [0.25, 0.3) is 0 Å². The van der Waals surface area contributed by atoms with E-state index in [0.29, 0.717) is 11.4 Å². The lowest BCUT2D eigenvalue weighted by molar-refractivity contribution is 0.00624. The van der Waals surface area contributed by atoms with Crippen molar-refractivity contribution in [2.24, 2.45) is 0 Å². The number of aryl methyl sites for hydroxylation is 1. The number of carbonyl (C=O) groups is 2. The molecule has 27 heavy (non-hydrogen) atoms. The number of carbonyl (C=O) groups excluding carboxylic acids is 2. The molecule has 148 valence electrons. The standard InChI is InChI=1S/C16H22FN5O4S/c1-5-25-15(24)13-20-19-12(27-13)7-6-10(17)8-22-9-11(18-21-22)14(23)26-16(2,3)4/h9-10H,5-8H2,1-4H3. The molecule has 2 rings (SSSR count). The third-order valence-corrected chi connectivity index (χ3v) is 4.08. The van der Waals surface area contributed by atoms with E-state index in [9.17, 15) is 14.0 Å². The summed E-state index contributed by atoms with van der Waals surface area (Å²) < 4.78 is 25.5. The number of alkyl halides is 1. The van der Waals surface area contributed by atoms with E-state index < -0.39 is 23.7 Å². The maximum atomic E-state index is 14.2. The molecule has 2 aromatic heterocycles. The highest BCUT2D eigenvalue weighted by Crippen LogP contribution is 2.15. The first-order valence-corrected chi connectivity index (χ1v) is 9.26. The molecule has 0 saturated carbocycles. The highest BCUT2D eigenvalue weighted by Gasteiger charge is 2.21. The Balaban J connectivity index is 1.83. The molecule has 1 unspecified atom stereocenters. The lowest BCUT2D eigenvalue weighted by Gasteiger charge is -2.18. The lowest BCUT2D eigenvalue weighted by atomic mass is 10.2. The highest BCUT2D eigenvalue weighted by atomic mass is 32.1. The topological polar surface area (TPSA) is 109 Å². The number of rotatable bonds is 8. The number of halogens is 1. The zero-order valence-electron chi connectivity index (χ0n) is 15.6. The van der Waals surface area contributed by atoms with E-state index >= 15 is 0 Å². The molecule has 0 aliphatic rings. The van der Waals surface area contributed by atoms with Gasteiger partial charge in [-0.25, -0.2) is 18.7 Å². The minimum absolute atomic E-state index is 0.0281. The average Bonchev–Trinajstić information content (AvgIpc) is 3.21. The Morgan fingerprint density at radius 2 is 2.00 bits per heavy atom. The monoisotopic (exact) mass is 399 g/mol. The van der Waals surface area contributed by atoms with Crippen molar-refractivity contribution < 1.29 is 23.5 Å². The van der Waals surface area contributed by atoms with Gasteiger partial charge in [-0.3, -0.25) is 0 Å². The number of hydrogen-bond acceptors (Lipinski definition) is 9. The quantitative estimate of drug-likeness (QED) is 0.622. The molecule has 9 nitrogen and oxygen atoms in total. The molecule has 0 N–H and O–H groups in total. The SMILES string of the molecule is CCOC(=O)c1nnc(CCC(F)Cn2cc(C(=O)OC(C)(C)C)nn2)s1. The number of hydrogen-bond donors (Lipinski definition) is 0. The summed E-state index contributed by atoms with van der Waals surface area (Å²) in [6, 6.07) is 0. The first kappa shape index (κ1) is 20.9. The number of esters is 2. The van der Waals surface area contributed by atoms with Gasteiger partial charge in [0.25, 0.3) is 0 Å². The Morgan fingerprint density at radius 3 is 2.67 bits per heavy atom. The summed E-state index contributed by atoms with van der Waals surface area (Å²) in [7, 11) is 0. The minimum atomic E-state index is -1.23. The van der Waals surface area contributed by atoms with E-state index in [1.165, 1.54) is 10.9 Å². The van der Waals surface area contributed by atoms with Crippen LogP contribution in [0.3, 0.4) is 0 Å². The lowest BCUT2D eigenvalue weighted by Crippen LogP contribution is -2.24. The summed E-state index contributed by atoms with van der Waals surface area (Å²) in [4.78, 5) is 23.4. The van der Waals surface area contributed by atoms with Crippen molar-refractivity contribution in [3.8, 4) is 0 Å². The van der Waals surface area contributed by atoms with Crippen LogP contribution in [-0.4, -0.2) is 55.5 Å². The second-order valence-electron chi connectivity index (χ2n) is 6.69. The molecule has 0 fully saturated rings. The smallest absolute Gasteiger partial charge is 0.369 e. The first-order valence-electron chi connectivity index (χ1n) is 8.45. The Hall–Kier alpha value is -2.43. The number of ether oxygens (including phenoxy) is 2. The largest absolute Gasteiger partial charge is 0.461 e. The molecule has 2 heterocycles. The van der Waals surface area contributed by atoms with Crippen molar-refractivity contribution in [1.29, 1.82) is 0 Å². The van der Waals surface area contributed by atoms with E-state index in [2.05, 4.69) is 20.5 Å². The maximum absolute atomic E-state index is 14.2. The summed E-state index contributed by atoms with van der Waals surface area (Å²) in [5.74, 6) is -1.14. The summed E-state index contributed by atoms with van der Waals surface area (Å²) in [6.45, 7) is 7.13. The van der Waals surface area contributed by atoms with Crippen molar-refractivity contribution in [2.45, 2.75) is 58.9 Å². The van der Waals surface area contributed by atoms with Gasteiger partial charge in [0.2, 0.25) is 5.01 Å². The molecule has 0 spiro atoms. The van der Waals surface area contributed by atoms with E-state index in [0.717, 1.165) is 11.3 Å². The van der Waals surface area contributed by atoms with Gasteiger partial charge in [-0.05, 0) is 34.1 Å². The van der Waals surface area contributed by atoms with Crippen LogP contribution in [0.4, 0.5) is 4.39 Å². The van der Waals surface area contributed by atoms with Crippen LogP contribution in [-0.2, 0) is 22.4 Å². The Kier molecular flexibility index (Phi) is 6.94. The van der Waals surface area contributed by atoms with Crippen LogP contribution in [0.15, 0.2) is 6.20 Å². The van der Waals surface area contributed by atoms with Gasteiger partial charge in [0.15, 0.2) is 5.69 Å². The van der Waals surface area contributed by atoms with Crippen molar-refractivity contribution in [3.63, 3.8) is 0 Å². The average molecular weight is 399 g/mol. The Morgan fingerprint density at radius 1 is 1.26 bits per heavy atom. The second kappa shape index (κ2) is 8.98. The third-order valence-electron chi connectivity index (χ3n) is 3.12. The van der Waals surface area contributed by atoms with Gasteiger partial charge >= 0.3 is 11.9 Å². The fourth-order valence-electron chi connectivity index (χ4n) is 2.02. The minimum Gasteiger partial charge on any atom is -0.461 e. The predicted molar refractivity (Wildman–Crippen MR) is 94.3 cm³/mol. The number of aromatic nitrogens is 5. The van der Waals surface area contributed by atoms with E-state index in [1.807, 2.05) is 0 Å². The summed E-state index contributed by atoms with van der Waals surface area (Å²) in [5, 5.41) is 15.8. The van der Waals surface area contributed by atoms with Crippen LogP contribution in [0, 0.1) is 0 Å². The van der Waals surface area contributed by atoms with Gasteiger partial charge < -0.3 is 9.47 Å². The molecule has 11 heteroatoms. The van der Waals surface area contributed by atoms with Crippen LogP contribution in [0.2, 0.25) is 0 Å². The summed E-state index contributed by atoms with van der Waals surface area (Å²) >= 11 is 1.08. The van der Waals surface area contributed by atoms with E-state index in [1.54, 1.807) is 27.7 Å². The molecule has 0 aromatic carbocycles. The van der Waals surface area contributed by atoms with E-state index in [4.69, 9.17) is 9.47 Å². The van der Waals surface area contributed by atoms with Gasteiger partial charge in [0, 0.05) is 6.42 Å². The van der Waals surface area contributed by atoms with Crippen molar-refractivity contribution in [3.05, 3.63) is 21.9 Å². The predicted octanol–water partition coefficient (Wildman–Crippen LogP) is 2.23. The molecule has 0 aliphatic heterocycles. The molecule has 0 saturated heterocycles. The molecule has 0 amide bonds. The Labute approximate surface area is 159 Å². The molecular formula is C16H22FN5O4S. The molecule has 2 aromatic rings. The van der Waals surface area contributed by atoms with Gasteiger partial charge in [-0.2, -0.15) is 0 Å². The highest BCUT2D eigenvalue weighted by molar-refractivity contribution is 7.13. The van der Waals surface area contributed by atoms with Crippen LogP contribution < -0.4 is 0 Å². The fourth-order valence-corrected chi connectivity index (χ4v) is 2.76. The second-order valence-corrected chi connectivity index (χ2v) is 7.75. The van der Waals surface area contributed by atoms with Crippen LogP contribution in [0.1, 0.15) is 59.4 Å². The summed E-state index contributed by atoms with van der Waals surface area (Å²) in [6.07, 6.45) is 0.614. The summed E-state index contributed by atoms with van der Waals surface area (Å²) in [5.41, 5.74) is -0.617. The van der Waals surface area contributed by atoms with E-state index in [-0.39, 0.29) is 30.3 Å².